The number of halogens is 2. The second-order valence-electron chi connectivity index (χ2n) is 4.35. The van der Waals surface area contributed by atoms with Crippen molar-refractivity contribution in [3.63, 3.8) is 0 Å². The Hall–Kier alpha value is -1.58. The molecule has 4 heteroatoms. The van der Waals surface area contributed by atoms with Gasteiger partial charge in [0.15, 0.2) is 0 Å². The lowest BCUT2D eigenvalue weighted by Gasteiger charge is -2.16. The Kier molecular flexibility index (Phi) is 4.08. The number of ether oxygens (including phenoxy) is 1. The quantitative estimate of drug-likeness (QED) is 0.926. The molecule has 2 aromatic rings. The molecule has 1 atom stereocenters. The van der Waals surface area contributed by atoms with Crippen molar-refractivity contribution in [3.8, 4) is 5.75 Å². The highest BCUT2D eigenvalue weighted by Gasteiger charge is 2.16. The van der Waals surface area contributed by atoms with Crippen molar-refractivity contribution in [1.82, 2.24) is 0 Å². The highest BCUT2D eigenvalue weighted by molar-refractivity contribution is 6.32. The summed E-state index contributed by atoms with van der Waals surface area (Å²) in [7, 11) is 1.53. The molecule has 0 heterocycles. The first-order chi connectivity index (χ1) is 9.04. The zero-order valence-electron chi connectivity index (χ0n) is 10.8. The fourth-order valence-corrected chi connectivity index (χ4v) is 2.15. The van der Waals surface area contributed by atoms with Crippen molar-refractivity contribution < 1.29 is 9.13 Å². The van der Waals surface area contributed by atoms with Crippen molar-refractivity contribution in [3.05, 3.63) is 63.9 Å². The zero-order valence-corrected chi connectivity index (χ0v) is 11.5. The number of hydrogen-bond acceptors (Lipinski definition) is 2. The van der Waals surface area contributed by atoms with Gasteiger partial charge in [0.05, 0.1) is 18.2 Å². The lowest BCUT2D eigenvalue weighted by molar-refractivity contribution is 0.414. The van der Waals surface area contributed by atoms with E-state index in [9.17, 15) is 4.39 Å². The lowest BCUT2D eigenvalue weighted by atomic mass is 9.97. The van der Waals surface area contributed by atoms with Crippen molar-refractivity contribution in [1.29, 1.82) is 0 Å². The molecule has 0 aliphatic carbocycles. The molecule has 1 unspecified atom stereocenters. The third-order valence-electron chi connectivity index (χ3n) is 3.09. The molecule has 2 N–H and O–H groups in total. The van der Waals surface area contributed by atoms with Crippen molar-refractivity contribution in [2.24, 2.45) is 5.73 Å². The van der Waals surface area contributed by atoms with Gasteiger partial charge in [-0.1, -0.05) is 35.9 Å². The molecule has 0 bridgehead atoms. The summed E-state index contributed by atoms with van der Waals surface area (Å²) in [6.07, 6.45) is 0. The molecule has 0 aromatic heterocycles. The van der Waals surface area contributed by atoms with Gasteiger partial charge in [0.1, 0.15) is 11.6 Å². The third-order valence-corrected chi connectivity index (χ3v) is 3.40. The van der Waals surface area contributed by atoms with Crippen LogP contribution in [0, 0.1) is 12.7 Å². The number of methoxy groups -OCH3 is 1. The van der Waals surface area contributed by atoms with Crippen molar-refractivity contribution in [2.45, 2.75) is 13.0 Å². The maximum atomic E-state index is 14.1. The van der Waals surface area contributed by atoms with E-state index in [1.807, 2.05) is 0 Å². The zero-order chi connectivity index (χ0) is 14.0. The topological polar surface area (TPSA) is 35.2 Å². The molecule has 0 saturated carbocycles. The van der Waals surface area contributed by atoms with E-state index in [4.69, 9.17) is 22.1 Å². The maximum absolute atomic E-state index is 14.1. The van der Waals surface area contributed by atoms with Crippen LogP contribution >= 0.6 is 11.6 Å². The maximum Gasteiger partial charge on any atom is 0.137 e. The highest BCUT2D eigenvalue weighted by atomic mass is 35.5. The van der Waals surface area contributed by atoms with Crippen LogP contribution in [0.2, 0.25) is 5.02 Å². The van der Waals surface area contributed by atoms with Crippen LogP contribution in [0.1, 0.15) is 22.7 Å². The van der Waals surface area contributed by atoms with Gasteiger partial charge in [-0.2, -0.15) is 0 Å². The molecule has 2 aromatic carbocycles. The Morgan fingerprint density at radius 3 is 2.68 bits per heavy atom. The van der Waals surface area contributed by atoms with Crippen LogP contribution in [0.25, 0.3) is 0 Å². The van der Waals surface area contributed by atoms with Crippen LogP contribution in [-0.2, 0) is 0 Å². The van der Waals surface area contributed by atoms with E-state index in [2.05, 4.69) is 0 Å². The Balaban J connectivity index is 2.44. The van der Waals surface area contributed by atoms with Gasteiger partial charge in [-0.3, -0.25) is 0 Å². The Labute approximate surface area is 117 Å². The molecule has 0 aliphatic rings. The van der Waals surface area contributed by atoms with Gasteiger partial charge in [-0.05, 0) is 30.2 Å². The minimum Gasteiger partial charge on any atom is -0.495 e. The summed E-state index contributed by atoms with van der Waals surface area (Å²) >= 11 is 5.96. The van der Waals surface area contributed by atoms with E-state index < -0.39 is 6.04 Å². The van der Waals surface area contributed by atoms with Gasteiger partial charge in [0.2, 0.25) is 0 Å². The number of benzene rings is 2. The normalized spacial score (nSPS) is 12.3. The highest BCUT2D eigenvalue weighted by Crippen LogP contribution is 2.30. The van der Waals surface area contributed by atoms with Gasteiger partial charge >= 0.3 is 0 Å². The molecule has 100 valence electrons. The van der Waals surface area contributed by atoms with Gasteiger partial charge in [-0.15, -0.1) is 0 Å². The van der Waals surface area contributed by atoms with Gasteiger partial charge in [0.25, 0.3) is 0 Å². The molecular weight excluding hydrogens is 265 g/mol. The van der Waals surface area contributed by atoms with Gasteiger partial charge in [-0.25, -0.2) is 4.39 Å². The monoisotopic (exact) mass is 279 g/mol. The van der Waals surface area contributed by atoms with E-state index in [1.165, 1.54) is 7.11 Å². The molecule has 2 rings (SSSR count). The fraction of sp³-hybridized carbons (Fsp3) is 0.200. The van der Waals surface area contributed by atoms with E-state index in [-0.39, 0.29) is 5.82 Å². The van der Waals surface area contributed by atoms with Crippen LogP contribution in [0.15, 0.2) is 36.4 Å². The van der Waals surface area contributed by atoms with Crippen LogP contribution in [-0.4, -0.2) is 7.11 Å². The summed E-state index contributed by atoms with van der Waals surface area (Å²) in [5.41, 5.74) is 7.92. The van der Waals surface area contributed by atoms with Crippen LogP contribution in [0.3, 0.4) is 0 Å². The predicted octanol–water partition coefficient (Wildman–Crippen LogP) is 3.84. The standard InChI is InChI=1S/C15H15ClFNO/c1-9-4-3-5-11(14(9)17)15(18)10-6-7-12(16)13(8-10)19-2/h3-8,15H,18H2,1-2H3. The minimum atomic E-state index is -0.550. The first-order valence-corrected chi connectivity index (χ1v) is 6.26. The Morgan fingerprint density at radius 2 is 2.00 bits per heavy atom. The van der Waals surface area contributed by atoms with Crippen LogP contribution in [0.4, 0.5) is 4.39 Å². The predicted molar refractivity (Wildman–Crippen MR) is 75.2 cm³/mol. The Bertz CT molecular complexity index is 601. The average Bonchev–Trinajstić information content (AvgIpc) is 2.41. The number of nitrogens with two attached hydrogens (primary N) is 1. The number of aryl methyl sites for hydroxylation is 1. The van der Waals surface area contributed by atoms with E-state index in [1.54, 1.807) is 43.3 Å². The number of hydrogen-bond donors (Lipinski definition) is 1. The molecule has 0 amide bonds. The molecule has 0 fully saturated rings. The van der Waals surface area contributed by atoms with Crippen LogP contribution in [0.5, 0.6) is 5.75 Å². The smallest absolute Gasteiger partial charge is 0.137 e. The SMILES string of the molecule is COc1cc(C(N)c2cccc(C)c2F)ccc1Cl. The van der Waals surface area contributed by atoms with E-state index >= 15 is 0 Å². The first-order valence-electron chi connectivity index (χ1n) is 5.88. The molecule has 0 aliphatic heterocycles. The second-order valence-corrected chi connectivity index (χ2v) is 4.76. The molecule has 19 heavy (non-hydrogen) atoms. The minimum absolute atomic E-state index is 0.274. The van der Waals surface area contributed by atoms with Gasteiger partial charge < -0.3 is 10.5 Å². The first kappa shape index (κ1) is 13.8. The van der Waals surface area contributed by atoms with E-state index in [0.29, 0.717) is 21.9 Å². The summed E-state index contributed by atoms with van der Waals surface area (Å²) < 4.78 is 19.2. The molecule has 0 radical (unpaired) electrons. The summed E-state index contributed by atoms with van der Waals surface area (Å²) in [6, 6.07) is 9.85. The second kappa shape index (κ2) is 5.59. The third kappa shape index (κ3) is 2.72. The van der Waals surface area contributed by atoms with E-state index in [0.717, 1.165) is 5.56 Å². The van der Waals surface area contributed by atoms with Crippen LogP contribution < -0.4 is 10.5 Å². The van der Waals surface area contributed by atoms with Gasteiger partial charge in [0, 0.05) is 5.56 Å². The average molecular weight is 280 g/mol. The summed E-state index contributed by atoms with van der Waals surface area (Å²) in [5.74, 6) is 0.256. The lowest BCUT2D eigenvalue weighted by Crippen LogP contribution is -2.14. The number of rotatable bonds is 3. The molecule has 2 nitrogen and oxygen atoms in total. The largest absolute Gasteiger partial charge is 0.495 e. The molecule has 0 spiro atoms. The fourth-order valence-electron chi connectivity index (χ4n) is 1.96. The van der Waals surface area contributed by atoms with Crippen molar-refractivity contribution >= 4 is 11.6 Å². The molecular formula is C15H15ClFNO. The summed E-state index contributed by atoms with van der Waals surface area (Å²) in [6.45, 7) is 1.72. The summed E-state index contributed by atoms with van der Waals surface area (Å²) in [5, 5.41) is 0.503. The Morgan fingerprint density at radius 1 is 1.26 bits per heavy atom. The molecule has 0 saturated heterocycles. The summed E-state index contributed by atoms with van der Waals surface area (Å²) in [4.78, 5) is 0. The van der Waals surface area contributed by atoms with Crippen molar-refractivity contribution in [2.75, 3.05) is 7.11 Å².